The minimum Gasteiger partial charge on any atom is -0.378 e. The Morgan fingerprint density at radius 3 is 2.54 bits per heavy atom. The fourth-order valence-corrected chi connectivity index (χ4v) is 4.48. The van der Waals surface area contributed by atoms with E-state index in [1.165, 1.54) is 0 Å². The van der Waals surface area contributed by atoms with E-state index in [0.717, 1.165) is 25.8 Å². The van der Waals surface area contributed by atoms with Gasteiger partial charge in [0.25, 0.3) is 5.91 Å². The number of halogens is 1. The number of carbonyl (C=O) groups is 2. The molecule has 2 N–H and O–H groups in total. The number of morpholine rings is 1. The van der Waals surface area contributed by atoms with Crippen LogP contribution < -0.4 is 10.9 Å². The van der Waals surface area contributed by atoms with Crippen molar-refractivity contribution >= 4 is 23.4 Å². The minimum absolute atomic E-state index is 0.0493. The SMILES string of the molecule is O=C(c1ccc(Cl)cc1)N1CCCC(C2CC(C(=O)N3CCOCC3)NN2)C1. The molecule has 8 heteroatoms. The van der Waals surface area contributed by atoms with Gasteiger partial charge in [-0.2, -0.15) is 0 Å². The topological polar surface area (TPSA) is 73.9 Å². The smallest absolute Gasteiger partial charge is 0.253 e. The second-order valence-corrected chi connectivity index (χ2v) is 8.22. The molecule has 7 nitrogen and oxygen atoms in total. The van der Waals surface area contributed by atoms with Gasteiger partial charge in [0.1, 0.15) is 6.04 Å². The van der Waals surface area contributed by atoms with Crippen LogP contribution in [0.25, 0.3) is 0 Å². The number of benzene rings is 1. The second kappa shape index (κ2) is 8.78. The third-order valence-electron chi connectivity index (χ3n) is 5.96. The number of piperidine rings is 1. The van der Waals surface area contributed by atoms with E-state index < -0.39 is 0 Å². The number of hydrazine groups is 1. The van der Waals surface area contributed by atoms with Crippen molar-refractivity contribution in [2.24, 2.45) is 5.92 Å². The summed E-state index contributed by atoms with van der Waals surface area (Å²) in [6, 6.07) is 7.05. The first-order chi connectivity index (χ1) is 13.6. The maximum Gasteiger partial charge on any atom is 0.253 e. The van der Waals surface area contributed by atoms with Gasteiger partial charge in [-0.25, -0.2) is 5.43 Å². The third-order valence-corrected chi connectivity index (χ3v) is 6.21. The summed E-state index contributed by atoms with van der Waals surface area (Å²) in [4.78, 5) is 29.3. The first-order valence-corrected chi connectivity index (χ1v) is 10.4. The Kier molecular flexibility index (Phi) is 6.16. The first kappa shape index (κ1) is 19.6. The second-order valence-electron chi connectivity index (χ2n) is 7.78. The highest BCUT2D eigenvalue weighted by molar-refractivity contribution is 6.30. The van der Waals surface area contributed by atoms with E-state index in [1.807, 2.05) is 9.80 Å². The van der Waals surface area contributed by atoms with Crippen LogP contribution in [0.2, 0.25) is 5.02 Å². The molecule has 3 unspecified atom stereocenters. The molecule has 3 atom stereocenters. The largest absolute Gasteiger partial charge is 0.378 e. The molecular weight excluding hydrogens is 380 g/mol. The molecule has 28 heavy (non-hydrogen) atoms. The number of nitrogens with one attached hydrogen (secondary N) is 2. The standard InChI is InChI=1S/C20H27ClN4O3/c21-16-5-3-14(4-6-16)19(26)25-7-1-2-15(13-25)17-12-18(23-22-17)20(27)24-8-10-28-11-9-24/h3-6,15,17-18,22-23H,1-2,7-13H2. The minimum atomic E-state index is -0.203. The highest BCUT2D eigenvalue weighted by Gasteiger charge is 2.38. The number of nitrogens with zero attached hydrogens (tertiary/aromatic N) is 2. The summed E-state index contributed by atoms with van der Waals surface area (Å²) in [7, 11) is 0. The quantitative estimate of drug-likeness (QED) is 0.791. The zero-order valence-electron chi connectivity index (χ0n) is 15.9. The van der Waals surface area contributed by atoms with Crippen molar-refractivity contribution in [1.82, 2.24) is 20.7 Å². The molecule has 0 aromatic heterocycles. The number of likely N-dealkylation sites (tertiary alicyclic amines) is 1. The molecule has 0 aliphatic carbocycles. The van der Waals surface area contributed by atoms with Gasteiger partial charge in [0.05, 0.1) is 13.2 Å². The fourth-order valence-electron chi connectivity index (χ4n) is 4.35. The lowest BCUT2D eigenvalue weighted by molar-refractivity contribution is -0.137. The van der Waals surface area contributed by atoms with Crippen LogP contribution in [-0.4, -0.2) is 73.1 Å². The van der Waals surface area contributed by atoms with Gasteiger partial charge in [0, 0.05) is 42.8 Å². The number of hydrogen-bond donors (Lipinski definition) is 2. The van der Waals surface area contributed by atoms with Crippen LogP contribution in [0.4, 0.5) is 0 Å². The van der Waals surface area contributed by atoms with Crippen LogP contribution in [-0.2, 0) is 9.53 Å². The Morgan fingerprint density at radius 2 is 1.79 bits per heavy atom. The molecule has 3 saturated heterocycles. The Hall–Kier alpha value is -1.67. The summed E-state index contributed by atoms with van der Waals surface area (Å²) in [6.07, 6.45) is 2.79. The molecule has 2 amide bonds. The zero-order chi connectivity index (χ0) is 19.5. The van der Waals surface area contributed by atoms with Gasteiger partial charge in [-0.3, -0.25) is 15.0 Å². The highest BCUT2D eigenvalue weighted by atomic mass is 35.5. The number of carbonyl (C=O) groups excluding carboxylic acids is 2. The molecule has 3 heterocycles. The van der Waals surface area contributed by atoms with Crippen molar-refractivity contribution in [2.75, 3.05) is 39.4 Å². The average Bonchev–Trinajstić information content (AvgIpc) is 3.24. The summed E-state index contributed by atoms with van der Waals surface area (Å²) in [5, 5.41) is 0.630. The van der Waals surface area contributed by atoms with E-state index in [-0.39, 0.29) is 23.9 Å². The molecule has 152 valence electrons. The van der Waals surface area contributed by atoms with Crippen LogP contribution in [0, 0.1) is 5.92 Å². The molecule has 3 fully saturated rings. The van der Waals surface area contributed by atoms with E-state index in [9.17, 15) is 9.59 Å². The van der Waals surface area contributed by atoms with Crippen molar-refractivity contribution in [2.45, 2.75) is 31.3 Å². The molecule has 0 spiro atoms. The molecule has 4 rings (SSSR count). The Morgan fingerprint density at radius 1 is 1.04 bits per heavy atom. The van der Waals surface area contributed by atoms with Crippen molar-refractivity contribution in [3.63, 3.8) is 0 Å². The zero-order valence-corrected chi connectivity index (χ0v) is 16.7. The molecule has 0 bridgehead atoms. The van der Waals surface area contributed by atoms with E-state index in [1.54, 1.807) is 24.3 Å². The monoisotopic (exact) mass is 406 g/mol. The number of amides is 2. The summed E-state index contributed by atoms with van der Waals surface area (Å²) in [5.74, 6) is 0.525. The van der Waals surface area contributed by atoms with Gasteiger partial charge in [-0.1, -0.05) is 11.6 Å². The van der Waals surface area contributed by atoms with Crippen molar-refractivity contribution in [3.8, 4) is 0 Å². The number of hydrogen-bond acceptors (Lipinski definition) is 5. The summed E-state index contributed by atoms with van der Waals surface area (Å²) in [5.41, 5.74) is 7.17. The number of rotatable bonds is 3. The van der Waals surface area contributed by atoms with Gasteiger partial charge >= 0.3 is 0 Å². The van der Waals surface area contributed by atoms with Gasteiger partial charge < -0.3 is 14.5 Å². The molecule has 0 radical (unpaired) electrons. The van der Waals surface area contributed by atoms with Gasteiger partial charge in [-0.05, 0) is 49.4 Å². The molecule has 0 saturated carbocycles. The predicted octanol–water partition coefficient (Wildman–Crippen LogP) is 1.29. The summed E-state index contributed by atoms with van der Waals surface area (Å²) < 4.78 is 5.33. The Labute approximate surface area is 170 Å². The molecule has 3 aliphatic heterocycles. The molecule has 3 aliphatic rings. The fraction of sp³-hybridized carbons (Fsp3) is 0.600. The van der Waals surface area contributed by atoms with Crippen molar-refractivity contribution in [3.05, 3.63) is 34.9 Å². The maximum absolute atomic E-state index is 12.8. The predicted molar refractivity (Wildman–Crippen MR) is 106 cm³/mol. The van der Waals surface area contributed by atoms with E-state index >= 15 is 0 Å². The first-order valence-electron chi connectivity index (χ1n) is 10.0. The van der Waals surface area contributed by atoms with Gasteiger partial charge in [-0.15, -0.1) is 0 Å². The highest BCUT2D eigenvalue weighted by Crippen LogP contribution is 2.26. The molecule has 1 aromatic carbocycles. The van der Waals surface area contributed by atoms with Crippen LogP contribution in [0.5, 0.6) is 0 Å². The normalized spacial score (nSPS) is 28.4. The summed E-state index contributed by atoms with van der Waals surface area (Å²) in [6.45, 7) is 4.02. The van der Waals surface area contributed by atoms with Crippen LogP contribution in [0.3, 0.4) is 0 Å². The molecule has 1 aromatic rings. The lowest BCUT2D eigenvalue weighted by Gasteiger charge is -2.35. The van der Waals surface area contributed by atoms with E-state index in [0.29, 0.717) is 49.4 Å². The van der Waals surface area contributed by atoms with E-state index in [2.05, 4.69) is 10.9 Å². The summed E-state index contributed by atoms with van der Waals surface area (Å²) >= 11 is 5.93. The van der Waals surface area contributed by atoms with Gasteiger partial charge in [0.15, 0.2) is 0 Å². The number of ether oxygens (including phenoxy) is 1. The maximum atomic E-state index is 12.8. The Bertz CT molecular complexity index is 708. The van der Waals surface area contributed by atoms with Crippen LogP contribution >= 0.6 is 11.6 Å². The van der Waals surface area contributed by atoms with Crippen molar-refractivity contribution < 1.29 is 14.3 Å². The third kappa shape index (κ3) is 4.33. The van der Waals surface area contributed by atoms with Gasteiger partial charge in [0.2, 0.25) is 5.91 Å². The van der Waals surface area contributed by atoms with Crippen LogP contribution in [0.15, 0.2) is 24.3 Å². The molecular formula is C20H27ClN4O3. The Balaban J connectivity index is 1.34. The lowest BCUT2D eigenvalue weighted by atomic mass is 9.88. The lowest BCUT2D eigenvalue weighted by Crippen LogP contribution is -2.50. The average molecular weight is 407 g/mol. The van der Waals surface area contributed by atoms with Crippen molar-refractivity contribution in [1.29, 1.82) is 0 Å². The van der Waals surface area contributed by atoms with Crippen LogP contribution in [0.1, 0.15) is 29.6 Å². The van der Waals surface area contributed by atoms with E-state index in [4.69, 9.17) is 16.3 Å².